The van der Waals surface area contributed by atoms with Gasteiger partial charge in [-0.05, 0) is 6.08 Å². The molecular weight excluding hydrogens is 270 g/mol. The van der Waals surface area contributed by atoms with E-state index in [-0.39, 0.29) is 5.91 Å². The second-order valence-electron chi connectivity index (χ2n) is 4.21. The van der Waals surface area contributed by atoms with Crippen LogP contribution in [0.25, 0.3) is 22.3 Å². The average Bonchev–Trinajstić information content (AvgIpc) is 3.06. The van der Waals surface area contributed by atoms with Gasteiger partial charge in [0.1, 0.15) is 0 Å². The largest absolute Gasteiger partial charge is 0.356 e. The zero-order chi connectivity index (χ0) is 13.9. The van der Waals surface area contributed by atoms with Crippen LogP contribution in [0, 0.1) is 0 Å². The number of nitrogens with one attached hydrogen (secondary N) is 1. The van der Waals surface area contributed by atoms with Crippen LogP contribution in [0.5, 0.6) is 0 Å². The molecule has 2 heterocycles. The number of carbonyl (C=O) groups excluding carboxylic acids is 1. The van der Waals surface area contributed by atoms with E-state index in [0.29, 0.717) is 0 Å². The molecule has 3 rings (SSSR count). The summed E-state index contributed by atoms with van der Waals surface area (Å²) < 4.78 is 1.99. The molecule has 20 heavy (non-hydrogen) atoms. The molecule has 1 amide bonds. The smallest absolute Gasteiger partial charge is 0.243 e. The maximum Gasteiger partial charge on any atom is 0.243 e. The summed E-state index contributed by atoms with van der Waals surface area (Å²) in [7, 11) is 1.61. The average molecular weight is 283 g/mol. The van der Waals surface area contributed by atoms with Gasteiger partial charge in [-0.1, -0.05) is 30.3 Å². The molecule has 100 valence electrons. The number of nitrogens with zero attached hydrogens (tertiary/aromatic N) is 2. The monoisotopic (exact) mass is 283 g/mol. The lowest BCUT2D eigenvalue weighted by Gasteiger charge is -1.99. The number of imidazole rings is 1. The molecule has 0 atom stereocenters. The normalized spacial score (nSPS) is 11.2. The highest BCUT2D eigenvalue weighted by Crippen LogP contribution is 2.27. The number of hydrogen-bond donors (Lipinski definition) is 1. The van der Waals surface area contributed by atoms with E-state index in [1.165, 1.54) is 6.08 Å². The molecule has 1 N–H and O–H groups in total. The van der Waals surface area contributed by atoms with Gasteiger partial charge in [0.15, 0.2) is 4.96 Å². The molecule has 0 saturated carbocycles. The molecule has 0 spiro atoms. The highest BCUT2D eigenvalue weighted by Gasteiger charge is 2.12. The Morgan fingerprint density at radius 3 is 2.90 bits per heavy atom. The molecule has 4 nitrogen and oxygen atoms in total. The van der Waals surface area contributed by atoms with Crippen molar-refractivity contribution in [2.24, 2.45) is 0 Å². The standard InChI is InChI=1S/C15H13N3OS/c1-16-13(19)8-7-12-14(11-5-3-2-4-6-11)17-15-18(12)9-10-20-15/h2-10H,1H3,(H,16,19)/b8-7+. The van der Waals surface area contributed by atoms with E-state index < -0.39 is 0 Å². The number of likely N-dealkylation sites (N-methyl/N-ethyl adjacent to an activating group) is 1. The van der Waals surface area contributed by atoms with E-state index in [0.717, 1.165) is 21.9 Å². The second kappa shape index (κ2) is 5.30. The van der Waals surface area contributed by atoms with Crippen molar-refractivity contribution in [1.29, 1.82) is 0 Å². The van der Waals surface area contributed by atoms with Crippen LogP contribution in [-0.4, -0.2) is 22.3 Å². The number of benzene rings is 1. The van der Waals surface area contributed by atoms with Crippen LogP contribution in [-0.2, 0) is 4.79 Å². The molecular formula is C15H13N3OS. The Kier molecular flexibility index (Phi) is 3.35. The van der Waals surface area contributed by atoms with Crippen molar-refractivity contribution in [3.05, 3.63) is 53.7 Å². The van der Waals surface area contributed by atoms with E-state index in [2.05, 4.69) is 10.3 Å². The van der Waals surface area contributed by atoms with Crippen molar-refractivity contribution in [2.45, 2.75) is 0 Å². The summed E-state index contributed by atoms with van der Waals surface area (Å²) in [5.74, 6) is -0.130. The van der Waals surface area contributed by atoms with E-state index >= 15 is 0 Å². The predicted octanol–water partition coefficient (Wildman–Crippen LogP) is 2.82. The first-order chi connectivity index (χ1) is 9.79. The summed E-state index contributed by atoms with van der Waals surface area (Å²) >= 11 is 1.57. The summed E-state index contributed by atoms with van der Waals surface area (Å²) in [4.78, 5) is 17.0. The van der Waals surface area contributed by atoms with Gasteiger partial charge >= 0.3 is 0 Å². The summed E-state index contributed by atoms with van der Waals surface area (Å²) in [6.45, 7) is 0. The van der Waals surface area contributed by atoms with Gasteiger partial charge in [0.05, 0.1) is 11.4 Å². The first-order valence-corrected chi connectivity index (χ1v) is 7.08. The van der Waals surface area contributed by atoms with Gasteiger partial charge in [-0.3, -0.25) is 9.20 Å². The Labute approximate surface area is 120 Å². The lowest BCUT2D eigenvalue weighted by molar-refractivity contribution is -0.115. The summed E-state index contributed by atoms with van der Waals surface area (Å²) in [5.41, 5.74) is 2.84. The van der Waals surface area contributed by atoms with E-state index in [4.69, 9.17) is 0 Å². The van der Waals surface area contributed by atoms with Crippen LogP contribution in [0.15, 0.2) is 48.0 Å². The molecule has 0 aliphatic heterocycles. The fraction of sp³-hybridized carbons (Fsp3) is 0.0667. The number of carbonyl (C=O) groups is 1. The molecule has 1 aromatic carbocycles. The van der Waals surface area contributed by atoms with Crippen molar-refractivity contribution in [3.8, 4) is 11.3 Å². The summed E-state index contributed by atoms with van der Waals surface area (Å²) in [6, 6.07) is 9.97. The van der Waals surface area contributed by atoms with Crippen LogP contribution >= 0.6 is 11.3 Å². The molecule has 0 fully saturated rings. The van der Waals surface area contributed by atoms with Gasteiger partial charge in [-0.15, -0.1) is 11.3 Å². The molecule has 0 aliphatic rings. The fourth-order valence-electron chi connectivity index (χ4n) is 2.01. The van der Waals surface area contributed by atoms with E-state index in [1.807, 2.05) is 46.3 Å². The van der Waals surface area contributed by atoms with E-state index in [9.17, 15) is 4.79 Å². The van der Waals surface area contributed by atoms with Crippen LogP contribution in [0.3, 0.4) is 0 Å². The summed E-state index contributed by atoms with van der Waals surface area (Å²) in [5, 5.41) is 4.56. The van der Waals surface area contributed by atoms with Gasteiger partial charge in [-0.25, -0.2) is 4.98 Å². The summed E-state index contributed by atoms with van der Waals surface area (Å²) in [6.07, 6.45) is 5.28. The molecule has 0 unspecified atom stereocenters. The predicted molar refractivity (Wildman–Crippen MR) is 81.6 cm³/mol. The minimum atomic E-state index is -0.130. The molecule has 0 bridgehead atoms. The number of amides is 1. The molecule has 5 heteroatoms. The third-order valence-corrected chi connectivity index (χ3v) is 3.74. The van der Waals surface area contributed by atoms with Gasteiger partial charge < -0.3 is 5.32 Å². The third-order valence-electron chi connectivity index (χ3n) is 2.99. The Hall–Kier alpha value is -2.40. The van der Waals surface area contributed by atoms with Crippen molar-refractivity contribution in [1.82, 2.24) is 14.7 Å². The molecule has 2 aromatic heterocycles. The fourth-order valence-corrected chi connectivity index (χ4v) is 2.73. The quantitative estimate of drug-likeness (QED) is 0.751. The minimum absolute atomic E-state index is 0.130. The van der Waals surface area contributed by atoms with Crippen LogP contribution < -0.4 is 5.32 Å². The Morgan fingerprint density at radius 2 is 2.15 bits per heavy atom. The lowest BCUT2D eigenvalue weighted by Crippen LogP contribution is -2.13. The van der Waals surface area contributed by atoms with Crippen LogP contribution in [0.1, 0.15) is 5.69 Å². The maximum atomic E-state index is 11.4. The van der Waals surface area contributed by atoms with Crippen molar-refractivity contribution in [2.75, 3.05) is 7.05 Å². The molecule has 0 saturated heterocycles. The number of thiazole rings is 1. The SMILES string of the molecule is CNC(=O)/C=C/c1c(-c2ccccc2)nc2sccn12. The van der Waals surface area contributed by atoms with Crippen molar-refractivity contribution in [3.63, 3.8) is 0 Å². The molecule has 0 aliphatic carbocycles. The minimum Gasteiger partial charge on any atom is -0.356 e. The number of fused-ring (bicyclic) bond motifs is 1. The van der Waals surface area contributed by atoms with Crippen molar-refractivity contribution >= 4 is 28.3 Å². The topological polar surface area (TPSA) is 46.4 Å². The number of aromatic nitrogens is 2. The first-order valence-electron chi connectivity index (χ1n) is 6.20. The Balaban J connectivity index is 2.14. The second-order valence-corrected chi connectivity index (χ2v) is 5.09. The van der Waals surface area contributed by atoms with Gasteiger partial charge in [0, 0.05) is 30.3 Å². The van der Waals surface area contributed by atoms with Gasteiger partial charge in [0.25, 0.3) is 0 Å². The zero-order valence-corrected chi connectivity index (χ0v) is 11.7. The third kappa shape index (κ3) is 2.23. The number of hydrogen-bond acceptors (Lipinski definition) is 3. The van der Waals surface area contributed by atoms with Crippen LogP contribution in [0.2, 0.25) is 0 Å². The van der Waals surface area contributed by atoms with Gasteiger partial charge in [-0.2, -0.15) is 0 Å². The molecule has 3 aromatic rings. The zero-order valence-electron chi connectivity index (χ0n) is 10.9. The number of rotatable bonds is 3. The highest BCUT2D eigenvalue weighted by molar-refractivity contribution is 7.15. The van der Waals surface area contributed by atoms with Crippen LogP contribution in [0.4, 0.5) is 0 Å². The van der Waals surface area contributed by atoms with Crippen molar-refractivity contribution < 1.29 is 4.79 Å². The molecule has 0 radical (unpaired) electrons. The first kappa shape index (κ1) is 12.6. The Bertz CT molecular complexity index is 771. The highest BCUT2D eigenvalue weighted by atomic mass is 32.1. The maximum absolute atomic E-state index is 11.4. The van der Waals surface area contributed by atoms with Gasteiger partial charge in [0.2, 0.25) is 5.91 Å². The Morgan fingerprint density at radius 1 is 1.35 bits per heavy atom. The lowest BCUT2D eigenvalue weighted by atomic mass is 10.1. The van der Waals surface area contributed by atoms with E-state index in [1.54, 1.807) is 24.5 Å².